The third-order valence-corrected chi connectivity index (χ3v) is 4.73. The van der Waals surface area contributed by atoms with E-state index in [1.54, 1.807) is 18.2 Å². The fraction of sp³-hybridized carbons (Fsp3) is 0.167. The van der Waals surface area contributed by atoms with Crippen LogP contribution in [0, 0.1) is 11.7 Å². The summed E-state index contributed by atoms with van der Waals surface area (Å²) in [5.74, 6) is -3.67. The predicted octanol–water partition coefficient (Wildman–Crippen LogP) is 3.34. The summed E-state index contributed by atoms with van der Waals surface area (Å²) in [5, 5.41) is 0.701. The minimum Gasteiger partial charge on any atom is -0.329 e. The van der Waals surface area contributed by atoms with E-state index < -0.39 is 35.4 Å². The molecule has 1 fully saturated rings. The molecule has 1 heterocycles. The summed E-state index contributed by atoms with van der Waals surface area (Å²) in [5.41, 5.74) is 0.628. The van der Waals surface area contributed by atoms with Crippen molar-refractivity contribution in [2.45, 2.75) is 12.3 Å². The van der Waals surface area contributed by atoms with E-state index in [0.717, 1.165) is 0 Å². The van der Waals surface area contributed by atoms with Crippen LogP contribution in [-0.2, 0) is 9.63 Å². The topological polar surface area (TPSA) is 63.7 Å². The summed E-state index contributed by atoms with van der Waals surface area (Å²) in [6, 6.07) is 10.5. The summed E-state index contributed by atoms with van der Waals surface area (Å²) in [6.45, 7) is 0. The molecular weight excluding hydrogens is 349 g/mol. The molecule has 1 saturated carbocycles. The number of hydrogen-bond acceptors (Lipinski definition) is 4. The first-order valence-corrected chi connectivity index (χ1v) is 8.00. The molecule has 2 atom stereocenters. The van der Waals surface area contributed by atoms with Crippen molar-refractivity contribution in [2.24, 2.45) is 5.92 Å². The summed E-state index contributed by atoms with van der Waals surface area (Å²) < 4.78 is 13.9. The van der Waals surface area contributed by atoms with Crippen molar-refractivity contribution < 1.29 is 23.6 Å². The molecule has 0 aromatic heterocycles. The van der Waals surface area contributed by atoms with Gasteiger partial charge in [0.25, 0.3) is 11.8 Å². The molecule has 25 heavy (non-hydrogen) atoms. The number of nitrogens with zero attached hydrogens (tertiary/aromatic N) is 1. The van der Waals surface area contributed by atoms with Gasteiger partial charge in [-0.15, -0.1) is 0 Å². The van der Waals surface area contributed by atoms with Gasteiger partial charge in [0.15, 0.2) is 0 Å². The molecule has 2 aromatic carbocycles. The van der Waals surface area contributed by atoms with E-state index in [-0.39, 0.29) is 21.7 Å². The molecule has 0 saturated heterocycles. The van der Waals surface area contributed by atoms with Crippen LogP contribution >= 0.6 is 11.6 Å². The number of carbonyl (C=O) groups excluding carboxylic acids is 3. The average Bonchev–Trinajstić information content (AvgIpc) is 3.34. The van der Waals surface area contributed by atoms with Crippen LogP contribution in [0.4, 0.5) is 4.39 Å². The summed E-state index contributed by atoms with van der Waals surface area (Å²) >= 11 is 6.00. The van der Waals surface area contributed by atoms with E-state index in [1.807, 2.05) is 0 Å². The minimum atomic E-state index is -0.751. The van der Waals surface area contributed by atoms with Crippen molar-refractivity contribution >= 4 is 29.4 Å². The van der Waals surface area contributed by atoms with E-state index in [0.29, 0.717) is 11.5 Å². The fourth-order valence-electron chi connectivity index (χ4n) is 3.05. The van der Waals surface area contributed by atoms with Crippen molar-refractivity contribution in [3.63, 3.8) is 0 Å². The van der Waals surface area contributed by atoms with Gasteiger partial charge >= 0.3 is 5.97 Å². The van der Waals surface area contributed by atoms with Gasteiger partial charge in [0.05, 0.1) is 17.0 Å². The fourth-order valence-corrected chi connectivity index (χ4v) is 3.35. The van der Waals surface area contributed by atoms with E-state index >= 15 is 0 Å². The van der Waals surface area contributed by atoms with Crippen LogP contribution in [0.15, 0.2) is 42.5 Å². The molecule has 0 unspecified atom stereocenters. The minimum absolute atomic E-state index is 0.185. The maximum Gasteiger partial charge on any atom is 0.336 e. The zero-order valence-electron chi connectivity index (χ0n) is 12.7. The Kier molecular flexibility index (Phi) is 3.58. The lowest BCUT2D eigenvalue weighted by Gasteiger charge is -2.12. The monoisotopic (exact) mass is 359 g/mol. The maximum absolute atomic E-state index is 13.9. The molecule has 0 bridgehead atoms. The molecule has 1 aliphatic heterocycles. The molecule has 2 aromatic rings. The Labute approximate surface area is 146 Å². The SMILES string of the molecule is O=C(ON1C(=O)c2ccccc2C1=O)[C@@H]1C[C@H]1c1c(F)cccc1Cl. The standard InChI is InChI=1S/C18H11ClFNO4/c19-13-6-3-7-14(20)15(13)11-8-12(11)18(24)25-21-16(22)9-4-1-2-5-10(9)17(21)23/h1-7,11-12H,8H2/t11-,12-/m1/s1. The lowest BCUT2D eigenvalue weighted by atomic mass is 10.1. The van der Waals surface area contributed by atoms with Gasteiger partial charge in [-0.25, -0.2) is 9.18 Å². The van der Waals surface area contributed by atoms with Crippen LogP contribution in [0.5, 0.6) is 0 Å². The Morgan fingerprint density at radius 2 is 1.72 bits per heavy atom. The number of fused-ring (bicyclic) bond motifs is 1. The second-order valence-electron chi connectivity index (χ2n) is 5.94. The average molecular weight is 360 g/mol. The van der Waals surface area contributed by atoms with E-state index in [2.05, 4.69) is 0 Å². The van der Waals surface area contributed by atoms with Gasteiger partial charge in [-0.1, -0.05) is 34.9 Å². The van der Waals surface area contributed by atoms with Crippen LogP contribution in [0.3, 0.4) is 0 Å². The quantitative estimate of drug-likeness (QED) is 0.788. The number of imide groups is 1. The summed E-state index contributed by atoms with van der Waals surface area (Å²) in [6.07, 6.45) is 0.350. The highest BCUT2D eigenvalue weighted by molar-refractivity contribution is 6.31. The number of halogens is 2. The first-order valence-electron chi connectivity index (χ1n) is 7.62. The molecular formula is C18H11ClFNO4. The zero-order valence-corrected chi connectivity index (χ0v) is 13.5. The Morgan fingerprint density at radius 1 is 1.08 bits per heavy atom. The van der Waals surface area contributed by atoms with Crippen molar-refractivity contribution in [3.8, 4) is 0 Å². The molecule has 0 spiro atoms. The Balaban J connectivity index is 1.50. The Hall–Kier alpha value is -2.73. The van der Waals surface area contributed by atoms with Gasteiger partial charge < -0.3 is 4.84 Å². The van der Waals surface area contributed by atoms with Crippen LogP contribution in [0.2, 0.25) is 5.02 Å². The van der Waals surface area contributed by atoms with E-state index in [4.69, 9.17) is 16.4 Å². The second kappa shape index (κ2) is 5.67. The number of hydroxylamine groups is 2. The number of benzene rings is 2. The highest BCUT2D eigenvalue weighted by Crippen LogP contribution is 2.51. The third kappa shape index (κ3) is 2.49. The number of hydrogen-bond donors (Lipinski definition) is 0. The van der Waals surface area contributed by atoms with E-state index in [9.17, 15) is 18.8 Å². The van der Waals surface area contributed by atoms with Gasteiger partial charge in [0.1, 0.15) is 5.82 Å². The van der Waals surface area contributed by atoms with Crippen molar-refractivity contribution in [1.29, 1.82) is 0 Å². The Bertz CT molecular complexity index is 874. The lowest BCUT2D eigenvalue weighted by Crippen LogP contribution is -2.33. The van der Waals surface area contributed by atoms with Gasteiger partial charge in [-0.2, -0.15) is 0 Å². The molecule has 2 amide bonds. The molecule has 7 heteroatoms. The number of rotatable bonds is 3. The van der Waals surface area contributed by atoms with Gasteiger partial charge in [-0.3, -0.25) is 9.59 Å². The zero-order chi connectivity index (χ0) is 17.7. The molecule has 5 nitrogen and oxygen atoms in total. The first-order chi connectivity index (χ1) is 12.0. The molecule has 1 aliphatic carbocycles. The van der Waals surface area contributed by atoms with Crippen LogP contribution < -0.4 is 0 Å². The van der Waals surface area contributed by atoms with E-state index in [1.165, 1.54) is 24.3 Å². The first kappa shape index (κ1) is 15.8. The largest absolute Gasteiger partial charge is 0.336 e. The number of amides is 2. The molecule has 0 N–H and O–H groups in total. The second-order valence-corrected chi connectivity index (χ2v) is 6.35. The molecule has 2 aliphatic rings. The lowest BCUT2D eigenvalue weighted by molar-refractivity contribution is -0.170. The highest BCUT2D eigenvalue weighted by Gasteiger charge is 2.50. The normalized spacial score (nSPS) is 21.3. The van der Waals surface area contributed by atoms with Crippen molar-refractivity contribution in [2.75, 3.05) is 0 Å². The van der Waals surface area contributed by atoms with Crippen molar-refractivity contribution in [1.82, 2.24) is 5.06 Å². The summed E-state index contributed by atoms with van der Waals surface area (Å²) in [7, 11) is 0. The smallest absolute Gasteiger partial charge is 0.329 e. The van der Waals surface area contributed by atoms with Crippen molar-refractivity contribution in [3.05, 3.63) is 70.0 Å². The molecule has 126 valence electrons. The highest BCUT2D eigenvalue weighted by atomic mass is 35.5. The van der Waals surface area contributed by atoms with Gasteiger partial charge in [-0.05, 0) is 30.7 Å². The van der Waals surface area contributed by atoms with Crippen LogP contribution in [-0.4, -0.2) is 22.8 Å². The van der Waals surface area contributed by atoms with Crippen LogP contribution in [0.25, 0.3) is 0 Å². The summed E-state index contributed by atoms with van der Waals surface area (Å²) in [4.78, 5) is 41.7. The van der Waals surface area contributed by atoms with Gasteiger partial charge in [0.2, 0.25) is 0 Å². The van der Waals surface area contributed by atoms with Crippen LogP contribution in [0.1, 0.15) is 38.6 Å². The predicted molar refractivity (Wildman–Crippen MR) is 85.3 cm³/mol. The molecule has 0 radical (unpaired) electrons. The molecule has 4 rings (SSSR count). The number of carbonyl (C=O) groups is 3. The third-order valence-electron chi connectivity index (χ3n) is 4.40. The Morgan fingerprint density at radius 3 is 2.32 bits per heavy atom. The maximum atomic E-state index is 13.9. The van der Waals surface area contributed by atoms with Gasteiger partial charge in [0, 0.05) is 16.5 Å².